The van der Waals surface area contributed by atoms with E-state index in [1.54, 1.807) is 24.3 Å². The van der Waals surface area contributed by atoms with Crippen molar-refractivity contribution >= 4 is 53.1 Å². The molecule has 3 aromatic rings. The minimum absolute atomic E-state index is 0. The van der Waals surface area contributed by atoms with Crippen LogP contribution >= 0.6 is 24.8 Å². The van der Waals surface area contributed by atoms with Crippen molar-refractivity contribution in [2.24, 2.45) is 0 Å². The van der Waals surface area contributed by atoms with Gasteiger partial charge in [-0.3, -0.25) is 19.1 Å². The Balaban J connectivity index is 0.00000240. The van der Waals surface area contributed by atoms with Crippen molar-refractivity contribution in [2.45, 2.75) is 46.6 Å². The van der Waals surface area contributed by atoms with Crippen molar-refractivity contribution in [3.63, 3.8) is 0 Å². The summed E-state index contributed by atoms with van der Waals surface area (Å²) in [6.07, 6.45) is 0.679. The van der Waals surface area contributed by atoms with Crippen LogP contribution in [-0.4, -0.2) is 20.4 Å². The molecule has 0 aliphatic heterocycles. The van der Waals surface area contributed by atoms with Gasteiger partial charge in [0.15, 0.2) is 5.65 Å². The Morgan fingerprint density at radius 3 is 2.52 bits per heavy atom. The van der Waals surface area contributed by atoms with E-state index in [4.69, 9.17) is 5.73 Å². The van der Waals surface area contributed by atoms with Gasteiger partial charge in [-0.15, -0.1) is 24.8 Å². The summed E-state index contributed by atoms with van der Waals surface area (Å²) < 4.78 is 1.41. The van der Waals surface area contributed by atoms with Gasteiger partial charge in [0.25, 0.3) is 11.5 Å². The zero-order valence-corrected chi connectivity index (χ0v) is 19.4. The van der Waals surface area contributed by atoms with Gasteiger partial charge in [0.2, 0.25) is 0 Å². The van der Waals surface area contributed by atoms with E-state index >= 15 is 0 Å². The van der Waals surface area contributed by atoms with Gasteiger partial charge < -0.3 is 11.1 Å². The van der Waals surface area contributed by atoms with Crippen LogP contribution in [-0.2, 0) is 6.54 Å². The molecule has 2 aromatic heterocycles. The third-order valence-electron chi connectivity index (χ3n) is 4.76. The van der Waals surface area contributed by atoms with Crippen LogP contribution in [0, 0.1) is 6.92 Å². The lowest BCUT2D eigenvalue weighted by Gasteiger charge is -2.15. The van der Waals surface area contributed by atoms with E-state index < -0.39 is 17.2 Å². The molecule has 0 fully saturated rings. The van der Waals surface area contributed by atoms with Crippen LogP contribution in [0.15, 0.2) is 33.9 Å². The van der Waals surface area contributed by atoms with Gasteiger partial charge in [-0.1, -0.05) is 26.8 Å². The van der Waals surface area contributed by atoms with Crippen molar-refractivity contribution < 1.29 is 4.79 Å². The summed E-state index contributed by atoms with van der Waals surface area (Å²) in [5.74, 6) is -0.454. The molecule has 0 aliphatic rings. The summed E-state index contributed by atoms with van der Waals surface area (Å²) in [5.41, 5.74) is 7.61. The summed E-state index contributed by atoms with van der Waals surface area (Å²) in [4.78, 5) is 45.0. The van der Waals surface area contributed by atoms with E-state index in [0.29, 0.717) is 30.0 Å². The maximum absolute atomic E-state index is 13.2. The zero-order valence-electron chi connectivity index (χ0n) is 17.8. The van der Waals surface area contributed by atoms with Crippen molar-refractivity contribution in [1.82, 2.24) is 14.5 Å². The molecule has 2 heterocycles. The fraction of sp³-hybridized carbons (Fsp3) is 0.333. The first kappa shape index (κ1) is 26.2. The van der Waals surface area contributed by atoms with Gasteiger partial charge in [-0.25, -0.2) is 9.78 Å². The Kier molecular flexibility index (Phi) is 8.84. The molecule has 10 heteroatoms. The second kappa shape index (κ2) is 10.5. The second-order valence-electron chi connectivity index (χ2n) is 7.39. The highest BCUT2D eigenvalue weighted by molar-refractivity contribution is 6.12. The number of fused-ring (bicyclic) bond motifs is 1. The predicted octanol–water partition coefficient (Wildman–Crippen LogP) is 3.60. The molecule has 1 amide bonds. The fourth-order valence-corrected chi connectivity index (χ4v) is 3.16. The smallest absolute Gasteiger partial charge is 0.329 e. The molecule has 1 aromatic carbocycles. The lowest BCUT2D eigenvalue weighted by atomic mass is 10.0. The number of aromatic amines is 1. The Bertz CT molecular complexity index is 1220. The highest BCUT2D eigenvalue weighted by Crippen LogP contribution is 2.23. The maximum Gasteiger partial charge on any atom is 0.329 e. The van der Waals surface area contributed by atoms with Crippen LogP contribution in [0.25, 0.3) is 11.0 Å². The van der Waals surface area contributed by atoms with E-state index in [-0.39, 0.29) is 47.3 Å². The van der Waals surface area contributed by atoms with Gasteiger partial charge in [0, 0.05) is 23.6 Å². The van der Waals surface area contributed by atoms with Gasteiger partial charge >= 0.3 is 5.69 Å². The van der Waals surface area contributed by atoms with Crippen molar-refractivity contribution in [3.8, 4) is 0 Å². The van der Waals surface area contributed by atoms with Crippen molar-refractivity contribution in [3.05, 3.63) is 61.9 Å². The predicted molar refractivity (Wildman–Crippen MR) is 129 cm³/mol. The Morgan fingerprint density at radius 2 is 1.90 bits per heavy atom. The molecule has 168 valence electrons. The maximum atomic E-state index is 13.2. The van der Waals surface area contributed by atoms with Crippen molar-refractivity contribution in [2.75, 3.05) is 11.1 Å². The number of carbonyl (C=O) groups is 1. The molecule has 0 saturated carbocycles. The molecule has 0 radical (unpaired) electrons. The van der Waals surface area contributed by atoms with Gasteiger partial charge in [0.1, 0.15) is 0 Å². The van der Waals surface area contributed by atoms with E-state index in [0.717, 1.165) is 5.56 Å². The number of nitrogens with two attached hydrogens (primary N) is 1. The molecule has 31 heavy (non-hydrogen) atoms. The highest BCUT2D eigenvalue weighted by atomic mass is 35.5. The number of nitrogens with one attached hydrogen (secondary N) is 2. The van der Waals surface area contributed by atoms with Crippen LogP contribution in [0.2, 0.25) is 0 Å². The number of aryl methyl sites for hydroxylation is 2. The second-order valence-corrected chi connectivity index (χ2v) is 7.39. The number of nitrogen functional groups attached to an aromatic ring is 1. The van der Waals surface area contributed by atoms with E-state index in [2.05, 4.69) is 15.3 Å². The summed E-state index contributed by atoms with van der Waals surface area (Å²) >= 11 is 0. The van der Waals surface area contributed by atoms with E-state index in [1.807, 2.05) is 27.7 Å². The monoisotopic (exact) mass is 467 g/mol. The number of nitrogens with zero attached hydrogens (tertiary/aromatic N) is 2. The summed E-state index contributed by atoms with van der Waals surface area (Å²) in [7, 11) is 0. The standard InChI is InChI=1S/C21H25N5O3.2ClH/c1-5-8-26-18-17(20(28)25-21(26)29)14(10-15(23-18)11(2)3)19(27)24-16-9-13(22)7-6-12(16)4;;/h6-7,9-11H,5,8,22H2,1-4H3,(H,24,27)(H,25,28,29);2*1H. The van der Waals surface area contributed by atoms with Crippen LogP contribution in [0.3, 0.4) is 0 Å². The molecule has 0 unspecified atom stereocenters. The molecule has 0 bridgehead atoms. The number of carbonyl (C=O) groups excluding carboxylic acids is 1. The molecule has 0 atom stereocenters. The first-order chi connectivity index (χ1) is 13.7. The number of halogens is 2. The lowest BCUT2D eigenvalue weighted by molar-refractivity contribution is 0.102. The van der Waals surface area contributed by atoms with Gasteiger partial charge in [-0.2, -0.15) is 0 Å². The minimum atomic E-state index is -0.630. The Labute approximate surface area is 192 Å². The largest absolute Gasteiger partial charge is 0.399 e. The number of benzene rings is 1. The third kappa shape index (κ3) is 5.26. The number of hydrogen-bond donors (Lipinski definition) is 3. The lowest BCUT2D eigenvalue weighted by Crippen LogP contribution is -2.32. The van der Waals surface area contributed by atoms with Crippen LogP contribution in [0.4, 0.5) is 11.4 Å². The average molecular weight is 468 g/mol. The minimum Gasteiger partial charge on any atom is -0.399 e. The normalized spacial score (nSPS) is 10.5. The van der Waals surface area contributed by atoms with Crippen LogP contribution in [0.1, 0.15) is 54.7 Å². The van der Waals surface area contributed by atoms with Crippen LogP contribution < -0.4 is 22.3 Å². The van der Waals surface area contributed by atoms with Gasteiger partial charge in [0.05, 0.1) is 10.9 Å². The molecule has 8 nitrogen and oxygen atoms in total. The van der Waals surface area contributed by atoms with Gasteiger partial charge in [-0.05, 0) is 43.0 Å². The summed E-state index contributed by atoms with van der Waals surface area (Å²) in [6, 6.07) is 6.83. The van der Waals surface area contributed by atoms with E-state index in [1.165, 1.54) is 4.57 Å². The summed E-state index contributed by atoms with van der Waals surface area (Å²) in [6.45, 7) is 8.04. The van der Waals surface area contributed by atoms with Crippen LogP contribution in [0.5, 0.6) is 0 Å². The number of anilines is 2. The molecule has 4 N–H and O–H groups in total. The first-order valence-electron chi connectivity index (χ1n) is 9.58. The first-order valence-corrected chi connectivity index (χ1v) is 9.58. The molecule has 0 spiro atoms. The zero-order chi connectivity index (χ0) is 21.3. The van der Waals surface area contributed by atoms with Crippen molar-refractivity contribution in [1.29, 1.82) is 0 Å². The Hall–Kier alpha value is -2.84. The van der Waals surface area contributed by atoms with E-state index in [9.17, 15) is 14.4 Å². The topological polar surface area (TPSA) is 123 Å². The fourth-order valence-electron chi connectivity index (χ4n) is 3.16. The SMILES string of the molecule is CCCn1c(=O)[nH]c(=O)c2c(C(=O)Nc3cc(N)ccc3C)cc(C(C)C)nc21.Cl.Cl. The molecular weight excluding hydrogens is 441 g/mol. The molecule has 3 rings (SSSR count). The number of pyridine rings is 1. The Morgan fingerprint density at radius 1 is 1.23 bits per heavy atom. The molecule has 0 saturated heterocycles. The quantitative estimate of drug-likeness (QED) is 0.494. The number of hydrogen-bond acceptors (Lipinski definition) is 5. The summed E-state index contributed by atoms with van der Waals surface area (Å²) in [5, 5.41) is 2.93. The average Bonchev–Trinajstić information content (AvgIpc) is 2.66. The number of amides is 1. The number of H-pyrrole nitrogens is 1. The number of rotatable bonds is 5. The highest BCUT2D eigenvalue weighted by Gasteiger charge is 2.21. The molecular formula is C21H27Cl2N5O3. The third-order valence-corrected chi connectivity index (χ3v) is 4.76. The number of aromatic nitrogens is 3. The molecule has 0 aliphatic carbocycles.